The number of hydrogen-bond acceptors (Lipinski definition) is 6. The third kappa shape index (κ3) is 1.88. The molecule has 6 nitrogen and oxygen atoms in total. The maximum atomic E-state index is 12.0. The quantitative estimate of drug-likeness (QED) is 0.440. The summed E-state index contributed by atoms with van der Waals surface area (Å²) in [5, 5.41) is 10.9. The molecule has 0 unspecified atom stereocenters. The van der Waals surface area contributed by atoms with Gasteiger partial charge in [0.05, 0.1) is 17.1 Å². The molecule has 4 aliphatic rings. The Kier molecular flexibility index (Phi) is 2.87. The van der Waals surface area contributed by atoms with E-state index in [1.54, 1.807) is 6.92 Å². The van der Waals surface area contributed by atoms with Gasteiger partial charge in [-0.1, -0.05) is 6.58 Å². The molecule has 0 aromatic heterocycles. The van der Waals surface area contributed by atoms with Crippen LogP contribution in [-0.2, 0) is 23.8 Å². The molecule has 1 N–H and O–H groups in total. The Balaban J connectivity index is 1.83. The van der Waals surface area contributed by atoms with Crippen molar-refractivity contribution in [2.45, 2.75) is 63.1 Å². The summed E-state index contributed by atoms with van der Waals surface area (Å²) in [6, 6.07) is 0. The van der Waals surface area contributed by atoms with Gasteiger partial charge in [0.1, 0.15) is 18.3 Å². The van der Waals surface area contributed by atoms with Crippen LogP contribution in [-0.4, -0.2) is 46.6 Å². The highest BCUT2D eigenvalue weighted by Gasteiger charge is 2.74. The molecule has 2 saturated carbocycles. The summed E-state index contributed by atoms with van der Waals surface area (Å²) in [6.45, 7) is 8.97. The maximum Gasteiger partial charge on any atom is 0.334 e. The van der Waals surface area contributed by atoms with Crippen LogP contribution in [0.4, 0.5) is 0 Å². The number of ether oxygens (including phenoxy) is 3. The molecule has 6 heteroatoms. The van der Waals surface area contributed by atoms with Crippen molar-refractivity contribution in [1.82, 2.24) is 0 Å². The molecule has 4 rings (SSSR count). The number of carbonyl (C=O) groups is 2. The molecule has 2 aliphatic carbocycles. The van der Waals surface area contributed by atoms with Crippen LogP contribution < -0.4 is 0 Å². The molecule has 0 bridgehead atoms. The lowest BCUT2D eigenvalue weighted by Crippen LogP contribution is -2.48. The van der Waals surface area contributed by atoms with Crippen LogP contribution in [0.25, 0.3) is 0 Å². The summed E-state index contributed by atoms with van der Waals surface area (Å²) in [7, 11) is 0. The highest BCUT2D eigenvalue weighted by Crippen LogP contribution is 2.63. The van der Waals surface area contributed by atoms with Crippen LogP contribution in [0, 0.1) is 17.8 Å². The second kappa shape index (κ2) is 4.36. The summed E-state index contributed by atoms with van der Waals surface area (Å²) < 4.78 is 17.1. The number of carbonyl (C=O) groups excluding carboxylic acids is 2. The number of aliphatic hydroxyl groups is 1. The van der Waals surface area contributed by atoms with Gasteiger partial charge < -0.3 is 19.3 Å². The van der Waals surface area contributed by atoms with Crippen molar-refractivity contribution in [3.05, 3.63) is 12.2 Å². The standard InChI is InChI=1S/C17H22O6/c1-7-10-12(21-8(2)18)11-9(5-6-16(11,3)20)17(4)14(23-17)13(10)22-15(7)19/h9-14,20H,1,5-6H2,2-4H3/t9-,10-,11-,12-,13+,14-,16+,17+/m0/s1. The van der Waals surface area contributed by atoms with Crippen molar-refractivity contribution >= 4 is 11.9 Å². The van der Waals surface area contributed by atoms with Gasteiger partial charge in [-0.25, -0.2) is 4.79 Å². The molecule has 0 amide bonds. The second-order valence-electron chi connectivity index (χ2n) is 7.75. The van der Waals surface area contributed by atoms with Gasteiger partial charge >= 0.3 is 11.9 Å². The van der Waals surface area contributed by atoms with Gasteiger partial charge in [-0.3, -0.25) is 4.79 Å². The summed E-state index contributed by atoms with van der Waals surface area (Å²) in [6.07, 6.45) is 0.0720. The molecule has 8 atom stereocenters. The van der Waals surface area contributed by atoms with Crippen molar-refractivity contribution in [3.63, 3.8) is 0 Å². The van der Waals surface area contributed by atoms with Gasteiger partial charge in [-0.05, 0) is 32.6 Å². The van der Waals surface area contributed by atoms with E-state index in [2.05, 4.69) is 6.58 Å². The molecule has 0 aromatic carbocycles. The van der Waals surface area contributed by atoms with E-state index >= 15 is 0 Å². The van der Waals surface area contributed by atoms with Crippen LogP contribution in [0.2, 0.25) is 0 Å². The van der Waals surface area contributed by atoms with Gasteiger partial charge in [0.25, 0.3) is 0 Å². The first kappa shape index (κ1) is 15.1. The van der Waals surface area contributed by atoms with Crippen molar-refractivity contribution in [3.8, 4) is 0 Å². The zero-order valence-corrected chi connectivity index (χ0v) is 13.6. The molecule has 0 aromatic rings. The van der Waals surface area contributed by atoms with E-state index in [1.807, 2.05) is 6.92 Å². The zero-order chi connectivity index (χ0) is 16.7. The van der Waals surface area contributed by atoms with Crippen LogP contribution in [0.3, 0.4) is 0 Å². The molecule has 4 fully saturated rings. The molecule has 126 valence electrons. The first-order valence-corrected chi connectivity index (χ1v) is 8.14. The average Bonchev–Trinajstić information content (AvgIpc) is 2.90. The number of fused-ring (bicyclic) bond motifs is 5. The Bertz CT molecular complexity index is 610. The maximum absolute atomic E-state index is 12.0. The molecule has 0 spiro atoms. The fourth-order valence-corrected chi connectivity index (χ4v) is 5.19. The number of rotatable bonds is 1. The highest BCUT2D eigenvalue weighted by atomic mass is 16.7. The van der Waals surface area contributed by atoms with E-state index in [1.165, 1.54) is 6.92 Å². The normalized spacial score (nSPS) is 53.7. The molecule has 2 heterocycles. The van der Waals surface area contributed by atoms with Crippen LogP contribution in [0.5, 0.6) is 0 Å². The predicted octanol–water partition coefficient (Wildman–Crippen LogP) is 0.964. The molecule has 23 heavy (non-hydrogen) atoms. The van der Waals surface area contributed by atoms with E-state index in [4.69, 9.17) is 14.2 Å². The van der Waals surface area contributed by atoms with E-state index in [9.17, 15) is 14.7 Å². The van der Waals surface area contributed by atoms with E-state index in [0.717, 1.165) is 6.42 Å². The Labute approximate surface area is 134 Å². The predicted molar refractivity (Wildman–Crippen MR) is 78.2 cm³/mol. The van der Waals surface area contributed by atoms with Crippen molar-refractivity contribution in [2.24, 2.45) is 17.8 Å². The van der Waals surface area contributed by atoms with Crippen molar-refractivity contribution < 1.29 is 28.9 Å². The molecular formula is C17H22O6. The van der Waals surface area contributed by atoms with Gasteiger partial charge in [0.15, 0.2) is 0 Å². The molecule has 2 saturated heterocycles. The SMILES string of the molecule is C=C1C(=O)O[C@@H]2[C@@H]1[C@H](OC(C)=O)[C@@H]1[C@H](CC[C@@]1(C)O)[C@@]1(C)O[C@@H]21. The molecule has 0 radical (unpaired) electrons. The lowest BCUT2D eigenvalue weighted by atomic mass is 9.74. The lowest BCUT2D eigenvalue weighted by Gasteiger charge is -2.38. The van der Waals surface area contributed by atoms with Crippen molar-refractivity contribution in [1.29, 1.82) is 0 Å². The second-order valence-corrected chi connectivity index (χ2v) is 7.75. The largest absolute Gasteiger partial charge is 0.461 e. The van der Waals surface area contributed by atoms with Gasteiger partial charge in [0, 0.05) is 18.4 Å². The summed E-state index contributed by atoms with van der Waals surface area (Å²) in [4.78, 5) is 23.7. The van der Waals surface area contributed by atoms with Crippen molar-refractivity contribution in [2.75, 3.05) is 0 Å². The molecular weight excluding hydrogens is 300 g/mol. The third-order valence-corrected chi connectivity index (χ3v) is 6.31. The smallest absolute Gasteiger partial charge is 0.334 e. The Hall–Kier alpha value is -1.40. The average molecular weight is 322 g/mol. The van der Waals surface area contributed by atoms with E-state index < -0.39 is 41.3 Å². The minimum atomic E-state index is -0.981. The lowest BCUT2D eigenvalue weighted by molar-refractivity contribution is -0.163. The van der Waals surface area contributed by atoms with Gasteiger partial charge in [-0.2, -0.15) is 0 Å². The van der Waals surface area contributed by atoms with Crippen LogP contribution in [0.15, 0.2) is 12.2 Å². The van der Waals surface area contributed by atoms with Crippen LogP contribution >= 0.6 is 0 Å². The highest BCUT2D eigenvalue weighted by molar-refractivity contribution is 5.91. The summed E-state index contributed by atoms with van der Waals surface area (Å²) in [5.41, 5.74) is -1.12. The Morgan fingerprint density at radius 2 is 2.13 bits per heavy atom. The molecule has 2 aliphatic heterocycles. The van der Waals surface area contributed by atoms with Gasteiger partial charge in [-0.15, -0.1) is 0 Å². The zero-order valence-electron chi connectivity index (χ0n) is 13.6. The Morgan fingerprint density at radius 1 is 1.43 bits per heavy atom. The van der Waals surface area contributed by atoms with Gasteiger partial charge in [0.2, 0.25) is 0 Å². The first-order chi connectivity index (χ1) is 10.7. The number of hydrogen-bond donors (Lipinski definition) is 1. The van der Waals surface area contributed by atoms with E-state index in [-0.39, 0.29) is 17.9 Å². The number of epoxide rings is 1. The summed E-state index contributed by atoms with van der Waals surface area (Å²) in [5.74, 6) is -1.60. The minimum Gasteiger partial charge on any atom is -0.461 e. The third-order valence-electron chi connectivity index (χ3n) is 6.31. The summed E-state index contributed by atoms with van der Waals surface area (Å²) >= 11 is 0. The number of esters is 2. The monoisotopic (exact) mass is 322 g/mol. The minimum absolute atomic E-state index is 0.0592. The first-order valence-electron chi connectivity index (χ1n) is 8.14. The fourth-order valence-electron chi connectivity index (χ4n) is 5.19. The topological polar surface area (TPSA) is 85.4 Å². The fraction of sp³-hybridized carbons (Fsp3) is 0.765. The van der Waals surface area contributed by atoms with Crippen LogP contribution in [0.1, 0.15) is 33.6 Å². The Morgan fingerprint density at radius 3 is 2.78 bits per heavy atom. The van der Waals surface area contributed by atoms with E-state index in [0.29, 0.717) is 12.0 Å².